The molecule has 1 saturated heterocycles. The number of nitrogens with zero attached hydrogens (tertiary/aromatic N) is 5. The van der Waals surface area contributed by atoms with Crippen LogP contribution in [0.2, 0.25) is 0 Å². The lowest BCUT2D eigenvalue weighted by atomic mass is 9.77. The minimum absolute atomic E-state index is 0.0289. The fourth-order valence-corrected chi connectivity index (χ4v) is 4.82. The van der Waals surface area contributed by atoms with Crippen molar-refractivity contribution < 1.29 is 9.53 Å². The van der Waals surface area contributed by atoms with E-state index in [1.165, 1.54) is 0 Å². The predicted molar refractivity (Wildman–Crippen MR) is 108 cm³/mol. The largest absolute Gasteiger partial charge is 0.379 e. The minimum atomic E-state index is 0.0289. The number of hydrogen-bond acceptors (Lipinski definition) is 6. The first kappa shape index (κ1) is 18.1. The van der Waals surface area contributed by atoms with Crippen molar-refractivity contribution in [2.75, 3.05) is 25.5 Å². The number of nitrogens with one attached hydrogen (secondary N) is 1. The maximum atomic E-state index is 13.2. The monoisotopic (exact) mass is 392 g/mol. The maximum absolute atomic E-state index is 13.2. The van der Waals surface area contributed by atoms with Crippen LogP contribution < -0.4 is 5.32 Å². The van der Waals surface area contributed by atoms with Crippen LogP contribution in [0.3, 0.4) is 0 Å². The second-order valence-corrected chi connectivity index (χ2v) is 7.93. The third kappa shape index (κ3) is 3.33. The number of carbonyl (C=O) groups excluding carboxylic acids is 1. The Morgan fingerprint density at radius 3 is 2.83 bits per heavy atom. The highest BCUT2D eigenvalue weighted by Gasteiger charge is 2.44. The van der Waals surface area contributed by atoms with Crippen molar-refractivity contribution in [1.82, 2.24) is 24.5 Å². The second-order valence-electron chi connectivity index (χ2n) is 7.93. The van der Waals surface area contributed by atoms with E-state index in [4.69, 9.17) is 4.74 Å². The molecule has 29 heavy (non-hydrogen) atoms. The van der Waals surface area contributed by atoms with Crippen LogP contribution in [-0.2, 0) is 4.74 Å². The molecule has 4 heterocycles. The van der Waals surface area contributed by atoms with Crippen molar-refractivity contribution >= 4 is 17.4 Å². The average molecular weight is 392 g/mol. The molecule has 8 heteroatoms. The van der Waals surface area contributed by atoms with Gasteiger partial charge in [-0.15, -0.1) is 10.2 Å². The molecule has 2 fully saturated rings. The van der Waals surface area contributed by atoms with Crippen molar-refractivity contribution in [3.63, 3.8) is 0 Å². The molecule has 3 aromatic heterocycles. The number of carbonyl (C=O) groups is 1. The van der Waals surface area contributed by atoms with Gasteiger partial charge in [-0.3, -0.25) is 9.20 Å². The van der Waals surface area contributed by atoms with Crippen LogP contribution >= 0.6 is 0 Å². The second kappa shape index (κ2) is 7.44. The summed E-state index contributed by atoms with van der Waals surface area (Å²) < 4.78 is 7.58. The predicted octanol–water partition coefficient (Wildman–Crippen LogP) is 2.10. The van der Waals surface area contributed by atoms with Crippen LogP contribution in [0.4, 0.5) is 5.82 Å². The molecule has 2 aliphatic rings. The zero-order valence-corrected chi connectivity index (χ0v) is 16.3. The highest BCUT2D eigenvalue weighted by molar-refractivity contribution is 5.99. The molecular weight excluding hydrogens is 368 g/mol. The Labute approximate surface area is 168 Å². The van der Waals surface area contributed by atoms with E-state index in [9.17, 15) is 4.79 Å². The summed E-state index contributed by atoms with van der Waals surface area (Å²) in [5, 5.41) is 11.6. The van der Waals surface area contributed by atoms with E-state index in [0.29, 0.717) is 23.0 Å². The summed E-state index contributed by atoms with van der Waals surface area (Å²) in [6.07, 6.45) is 7.26. The number of hydrogen-bond donors (Lipinski definition) is 1. The summed E-state index contributed by atoms with van der Waals surface area (Å²) in [6.45, 7) is 1.52. The molecule has 1 amide bonds. The van der Waals surface area contributed by atoms with Crippen molar-refractivity contribution in [2.45, 2.75) is 25.0 Å². The fourth-order valence-electron chi connectivity index (χ4n) is 4.82. The first-order chi connectivity index (χ1) is 14.2. The number of aromatic nitrogens is 4. The molecule has 1 aliphatic carbocycles. The van der Waals surface area contributed by atoms with Gasteiger partial charge in [0.15, 0.2) is 5.65 Å². The van der Waals surface area contributed by atoms with Gasteiger partial charge < -0.3 is 15.0 Å². The molecule has 150 valence electrons. The van der Waals surface area contributed by atoms with Gasteiger partial charge in [0.25, 0.3) is 5.91 Å². The van der Waals surface area contributed by atoms with Gasteiger partial charge in [0, 0.05) is 32.6 Å². The van der Waals surface area contributed by atoms with Gasteiger partial charge in [-0.2, -0.15) is 0 Å². The first-order valence-electron chi connectivity index (χ1n) is 10.0. The molecule has 4 atom stereocenters. The Balaban J connectivity index is 1.32. The smallest absolute Gasteiger partial charge is 0.257 e. The van der Waals surface area contributed by atoms with Crippen LogP contribution in [0.1, 0.15) is 23.2 Å². The lowest BCUT2D eigenvalue weighted by Gasteiger charge is -2.37. The number of methoxy groups -OCH3 is 1. The van der Waals surface area contributed by atoms with Gasteiger partial charge in [0.1, 0.15) is 12.1 Å². The van der Waals surface area contributed by atoms with Gasteiger partial charge >= 0.3 is 0 Å². The molecule has 5 rings (SSSR count). The molecule has 1 aliphatic heterocycles. The van der Waals surface area contributed by atoms with Crippen molar-refractivity contribution in [2.24, 2.45) is 11.8 Å². The molecule has 1 N–H and O–H groups in total. The number of likely N-dealkylation sites (tertiary alicyclic amines) is 1. The Morgan fingerprint density at radius 2 is 2.03 bits per heavy atom. The molecule has 8 nitrogen and oxygen atoms in total. The van der Waals surface area contributed by atoms with Crippen molar-refractivity contribution in [3.05, 3.63) is 54.6 Å². The van der Waals surface area contributed by atoms with Gasteiger partial charge in [0.05, 0.1) is 17.7 Å². The van der Waals surface area contributed by atoms with Crippen molar-refractivity contribution in [1.29, 1.82) is 0 Å². The summed E-state index contributed by atoms with van der Waals surface area (Å²) in [4.78, 5) is 19.6. The van der Waals surface area contributed by atoms with E-state index in [1.807, 2.05) is 41.4 Å². The molecule has 0 spiro atoms. The quantitative estimate of drug-likeness (QED) is 0.732. The number of ether oxygens (including phenoxy) is 1. The third-order valence-corrected chi connectivity index (χ3v) is 6.26. The van der Waals surface area contributed by atoms with E-state index in [0.717, 1.165) is 31.7 Å². The molecule has 0 unspecified atom stereocenters. The number of amides is 1. The van der Waals surface area contributed by atoms with E-state index in [-0.39, 0.29) is 18.1 Å². The van der Waals surface area contributed by atoms with Gasteiger partial charge in [-0.05, 0) is 48.9 Å². The molecule has 1 saturated carbocycles. The van der Waals surface area contributed by atoms with Crippen LogP contribution in [0.25, 0.3) is 5.65 Å². The molecule has 0 radical (unpaired) electrons. The summed E-state index contributed by atoms with van der Waals surface area (Å²) in [5.74, 6) is 1.79. The third-order valence-electron chi connectivity index (χ3n) is 6.26. The lowest BCUT2D eigenvalue weighted by Crippen LogP contribution is -2.44. The zero-order chi connectivity index (χ0) is 19.8. The molecule has 0 bridgehead atoms. The lowest BCUT2D eigenvalue weighted by molar-refractivity contribution is 0.0304. The van der Waals surface area contributed by atoms with E-state index in [1.54, 1.807) is 24.0 Å². The van der Waals surface area contributed by atoms with Crippen LogP contribution in [0.15, 0.2) is 49.1 Å². The van der Waals surface area contributed by atoms with Gasteiger partial charge in [-0.1, -0.05) is 6.07 Å². The van der Waals surface area contributed by atoms with Gasteiger partial charge in [-0.25, -0.2) is 4.98 Å². The van der Waals surface area contributed by atoms with E-state index < -0.39 is 0 Å². The molecule has 3 aromatic rings. The Kier molecular flexibility index (Phi) is 4.63. The zero-order valence-electron chi connectivity index (χ0n) is 16.3. The summed E-state index contributed by atoms with van der Waals surface area (Å²) in [7, 11) is 1.77. The number of fused-ring (bicyclic) bond motifs is 2. The standard InChI is InChI=1S/C21H24N6O2/c1-29-18-10-15-12-27(21(28)16-5-4-8-26-13-23-25-20(16)26)11-14(15)9-17(18)24-19-6-2-3-7-22-19/h2-8,13-15,17-18H,9-12H2,1H3,(H,22,24)/t14-,15+,17-,18-/m1/s1. The van der Waals surface area contributed by atoms with Gasteiger partial charge in [0.2, 0.25) is 0 Å². The van der Waals surface area contributed by atoms with E-state index in [2.05, 4.69) is 20.5 Å². The summed E-state index contributed by atoms with van der Waals surface area (Å²) in [6, 6.07) is 9.74. The Bertz CT molecular complexity index is 1010. The summed E-state index contributed by atoms with van der Waals surface area (Å²) >= 11 is 0. The minimum Gasteiger partial charge on any atom is -0.379 e. The SMILES string of the molecule is CO[C@@H]1C[C@H]2CN(C(=O)c3cccn4cnnc34)C[C@H]2C[C@H]1Nc1ccccn1. The number of pyridine rings is 2. The number of rotatable bonds is 4. The van der Waals surface area contributed by atoms with Crippen LogP contribution in [-0.4, -0.2) is 62.7 Å². The average Bonchev–Trinajstić information content (AvgIpc) is 3.39. The Hall–Kier alpha value is -3.00. The number of anilines is 1. The van der Waals surface area contributed by atoms with Crippen LogP contribution in [0.5, 0.6) is 0 Å². The van der Waals surface area contributed by atoms with Crippen LogP contribution in [0, 0.1) is 11.8 Å². The molecule has 0 aromatic carbocycles. The highest BCUT2D eigenvalue weighted by atomic mass is 16.5. The first-order valence-corrected chi connectivity index (χ1v) is 10.0. The van der Waals surface area contributed by atoms with E-state index >= 15 is 0 Å². The normalized spacial score (nSPS) is 26.4. The Morgan fingerprint density at radius 1 is 1.17 bits per heavy atom. The maximum Gasteiger partial charge on any atom is 0.257 e. The molecular formula is C21H24N6O2. The van der Waals surface area contributed by atoms with Crippen molar-refractivity contribution in [3.8, 4) is 0 Å². The highest BCUT2D eigenvalue weighted by Crippen LogP contribution is 2.39. The summed E-state index contributed by atoms with van der Waals surface area (Å²) in [5.41, 5.74) is 1.21. The fraction of sp³-hybridized carbons (Fsp3) is 0.429. The topological polar surface area (TPSA) is 84.7 Å².